The van der Waals surface area contributed by atoms with Gasteiger partial charge in [-0.3, -0.25) is 4.79 Å². The molecule has 0 fully saturated rings. The van der Waals surface area contributed by atoms with E-state index in [-0.39, 0.29) is 5.97 Å². The van der Waals surface area contributed by atoms with Gasteiger partial charge in [0.2, 0.25) is 0 Å². The lowest BCUT2D eigenvalue weighted by molar-refractivity contribution is -0.152. The van der Waals surface area contributed by atoms with Crippen molar-refractivity contribution >= 4 is 5.97 Å². The van der Waals surface area contributed by atoms with Crippen molar-refractivity contribution in [1.29, 1.82) is 0 Å². The van der Waals surface area contributed by atoms with E-state index in [1.165, 1.54) is 5.56 Å². The molecule has 0 spiro atoms. The molecule has 0 radical (unpaired) electrons. The average Bonchev–Trinajstić information content (AvgIpc) is 2.60. The van der Waals surface area contributed by atoms with Gasteiger partial charge in [0, 0.05) is 12.0 Å². The van der Waals surface area contributed by atoms with E-state index < -0.39 is 11.0 Å². The van der Waals surface area contributed by atoms with Crippen LogP contribution in [-0.2, 0) is 16.0 Å². The number of aliphatic hydroxyl groups is 1. The van der Waals surface area contributed by atoms with E-state index in [0.717, 1.165) is 30.8 Å². The fraction of sp³-hybridized carbons (Fsp3) is 0.625. The van der Waals surface area contributed by atoms with Gasteiger partial charge in [0.1, 0.15) is 12.4 Å². The van der Waals surface area contributed by atoms with Gasteiger partial charge in [-0.15, -0.1) is 0 Å². The molecular weight excluding hydrogens is 352 g/mol. The van der Waals surface area contributed by atoms with E-state index >= 15 is 0 Å². The van der Waals surface area contributed by atoms with E-state index in [2.05, 4.69) is 17.9 Å². The Morgan fingerprint density at radius 1 is 1.18 bits per heavy atom. The molecule has 28 heavy (non-hydrogen) atoms. The van der Waals surface area contributed by atoms with Crippen molar-refractivity contribution in [3.05, 3.63) is 29.3 Å². The highest BCUT2D eigenvalue weighted by Crippen LogP contribution is 2.25. The summed E-state index contributed by atoms with van der Waals surface area (Å²) in [5, 5.41) is 8.52. The molecule has 1 aliphatic rings. The molecule has 1 aromatic rings. The largest absolute Gasteiger partial charge is 0.493 e. The van der Waals surface area contributed by atoms with E-state index in [0.29, 0.717) is 13.0 Å². The maximum atomic E-state index is 11.6. The fourth-order valence-corrected chi connectivity index (χ4v) is 2.01. The van der Waals surface area contributed by atoms with Gasteiger partial charge in [0.15, 0.2) is 0 Å². The number of ether oxygens (including phenoxy) is 2. The van der Waals surface area contributed by atoms with Crippen LogP contribution in [0.2, 0.25) is 0 Å². The molecule has 0 aliphatic carbocycles. The smallest absolute Gasteiger partial charge is 0.311 e. The number of benzene rings is 1. The maximum absolute atomic E-state index is 11.6. The number of rotatable bonds is 2. The molecule has 0 atom stereocenters. The number of fused-ring (bicyclic) bond motifs is 1. The molecule has 4 heteroatoms. The topological polar surface area (TPSA) is 55.8 Å². The molecule has 0 saturated carbocycles. The van der Waals surface area contributed by atoms with Gasteiger partial charge in [-0.05, 0) is 78.1 Å². The Morgan fingerprint density at radius 3 is 2.36 bits per heavy atom. The summed E-state index contributed by atoms with van der Waals surface area (Å²) in [5.41, 5.74) is 1.26. The summed E-state index contributed by atoms with van der Waals surface area (Å²) in [6.45, 7) is 15.9. The van der Waals surface area contributed by atoms with Crippen molar-refractivity contribution in [3.8, 4) is 17.6 Å². The van der Waals surface area contributed by atoms with Crippen molar-refractivity contribution in [2.24, 2.45) is 5.41 Å². The van der Waals surface area contributed by atoms with Crippen LogP contribution in [0.3, 0.4) is 0 Å². The molecule has 0 bridgehead atoms. The van der Waals surface area contributed by atoms with Crippen molar-refractivity contribution in [2.75, 3.05) is 13.2 Å². The molecule has 1 aromatic carbocycles. The summed E-state index contributed by atoms with van der Waals surface area (Å²) in [6, 6.07) is 6.04. The number of carbonyl (C=O) groups is 1. The van der Waals surface area contributed by atoms with E-state index in [1.54, 1.807) is 20.8 Å². The van der Waals surface area contributed by atoms with Crippen LogP contribution in [0.5, 0.6) is 5.75 Å². The van der Waals surface area contributed by atoms with Gasteiger partial charge < -0.3 is 14.6 Å². The van der Waals surface area contributed by atoms with Crippen molar-refractivity contribution in [1.82, 2.24) is 0 Å². The first-order chi connectivity index (χ1) is 13.0. The molecule has 4 nitrogen and oxygen atoms in total. The van der Waals surface area contributed by atoms with E-state index in [1.807, 2.05) is 46.8 Å². The zero-order chi connectivity index (χ0) is 21.8. The van der Waals surface area contributed by atoms with Crippen molar-refractivity contribution in [2.45, 2.75) is 80.3 Å². The van der Waals surface area contributed by atoms with Gasteiger partial charge in [-0.2, -0.15) is 0 Å². The number of esters is 1. The van der Waals surface area contributed by atoms with E-state index in [9.17, 15) is 4.79 Å². The standard InChI is InChI=1S/C18H22O3.C4H10O.C2H6/c1-18(2,3)17(19)21-11-5-4-7-14-9-10-16-15(13-14)8-6-12-20-16;1-4(2,3)5;1-2/h9-10,13H,5-6,8,11-12H2,1-3H3;5H,1-3H3;1-2H3. The van der Waals surface area contributed by atoms with E-state index in [4.69, 9.17) is 14.6 Å². The molecule has 0 saturated heterocycles. The lowest BCUT2D eigenvalue weighted by Gasteiger charge is -2.16. The van der Waals surface area contributed by atoms with Gasteiger partial charge >= 0.3 is 5.97 Å². The quantitative estimate of drug-likeness (QED) is 0.431. The monoisotopic (exact) mass is 390 g/mol. The minimum absolute atomic E-state index is 0.185. The fourth-order valence-electron chi connectivity index (χ4n) is 2.01. The van der Waals surface area contributed by atoms with Gasteiger partial charge in [-0.25, -0.2) is 0 Å². The second-order valence-corrected chi connectivity index (χ2v) is 8.38. The molecule has 2 rings (SSSR count). The SMILES string of the molecule is CC.CC(C)(C)C(=O)OCCC#Cc1ccc2c(c1)CCCO2.CC(C)(C)O. The highest BCUT2D eigenvalue weighted by Gasteiger charge is 2.22. The number of hydrogen-bond donors (Lipinski definition) is 1. The van der Waals surface area contributed by atoms with Crippen LogP contribution in [0.4, 0.5) is 0 Å². The number of hydrogen-bond acceptors (Lipinski definition) is 4. The third kappa shape index (κ3) is 12.4. The second-order valence-electron chi connectivity index (χ2n) is 8.38. The normalized spacial score (nSPS) is 12.5. The van der Waals surface area contributed by atoms with Crippen LogP contribution in [0.25, 0.3) is 0 Å². The molecule has 0 aromatic heterocycles. The summed E-state index contributed by atoms with van der Waals surface area (Å²) in [7, 11) is 0. The molecule has 0 amide bonds. The first-order valence-electron chi connectivity index (χ1n) is 10.1. The molecule has 158 valence electrons. The number of carbonyl (C=O) groups excluding carboxylic acids is 1. The molecule has 1 N–H and O–H groups in total. The van der Waals surface area contributed by atoms with Crippen molar-refractivity contribution in [3.63, 3.8) is 0 Å². The van der Waals surface area contributed by atoms with Crippen LogP contribution in [0, 0.1) is 17.3 Å². The predicted molar refractivity (Wildman–Crippen MR) is 115 cm³/mol. The predicted octanol–water partition coefficient (Wildman–Crippen LogP) is 5.15. The second kappa shape index (κ2) is 12.5. The Hall–Kier alpha value is -1.99. The Balaban J connectivity index is 0.000000906. The Labute approximate surface area is 171 Å². The number of aryl methyl sites for hydroxylation is 1. The van der Waals surface area contributed by atoms with Crippen LogP contribution in [0.1, 0.15) is 79.4 Å². The summed E-state index contributed by atoms with van der Waals surface area (Å²) in [6.07, 6.45) is 2.66. The zero-order valence-corrected chi connectivity index (χ0v) is 18.9. The van der Waals surface area contributed by atoms with Gasteiger partial charge in [-0.1, -0.05) is 25.7 Å². The highest BCUT2D eigenvalue weighted by atomic mass is 16.5. The van der Waals surface area contributed by atoms with Crippen LogP contribution in [-0.4, -0.2) is 29.9 Å². The Kier molecular flexibility index (Phi) is 11.6. The summed E-state index contributed by atoms with van der Waals surface area (Å²) >= 11 is 0. The molecule has 0 unspecified atom stereocenters. The lowest BCUT2D eigenvalue weighted by atomic mass is 9.97. The summed E-state index contributed by atoms with van der Waals surface area (Å²) < 4.78 is 10.7. The van der Waals surface area contributed by atoms with Crippen LogP contribution < -0.4 is 4.74 Å². The van der Waals surface area contributed by atoms with Gasteiger partial charge in [0.25, 0.3) is 0 Å². The summed E-state index contributed by atoms with van der Waals surface area (Å²) in [5.74, 6) is 6.95. The van der Waals surface area contributed by atoms with Gasteiger partial charge in [0.05, 0.1) is 17.6 Å². The molecule has 1 aliphatic heterocycles. The Bertz CT molecular complexity index is 646. The highest BCUT2D eigenvalue weighted by molar-refractivity contribution is 5.75. The first-order valence-corrected chi connectivity index (χ1v) is 10.1. The average molecular weight is 391 g/mol. The van der Waals surface area contributed by atoms with Crippen LogP contribution >= 0.6 is 0 Å². The van der Waals surface area contributed by atoms with Crippen molar-refractivity contribution < 1.29 is 19.4 Å². The molecular formula is C24H38O4. The Morgan fingerprint density at radius 2 is 1.79 bits per heavy atom. The summed E-state index contributed by atoms with van der Waals surface area (Å²) in [4.78, 5) is 11.6. The maximum Gasteiger partial charge on any atom is 0.311 e. The van der Waals surface area contributed by atoms with Crippen LogP contribution in [0.15, 0.2) is 18.2 Å². The zero-order valence-electron chi connectivity index (χ0n) is 18.9. The lowest BCUT2D eigenvalue weighted by Crippen LogP contribution is -2.23. The third-order valence-electron chi connectivity index (χ3n) is 3.21. The first kappa shape index (κ1) is 26.0. The minimum Gasteiger partial charge on any atom is -0.493 e. The molecule has 1 heterocycles. The minimum atomic E-state index is -0.500. The third-order valence-corrected chi connectivity index (χ3v) is 3.21.